The summed E-state index contributed by atoms with van der Waals surface area (Å²) in [5, 5.41) is 12.2. The number of nitrogens with one attached hydrogen (secondary N) is 1. The molecule has 104 valence electrons. The van der Waals surface area contributed by atoms with E-state index < -0.39 is 11.4 Å². The maximum Gasteiger partial charge on any atom is 0.319 e. The van der Waals surface area contributed by atoms with Crippen LogP contribution in [0.4, 0.5) is 0 Å². The van der Waals surface area contributed by atoms with Gasteiger partial charge in [0.05, 0.1) is 0 Å². The minimum Gasteiger partial charge on any atom is -0.480 e. The van der Waals surface area contributed by atoms with E-state index in [-0.39, 0.29) is 11.9 Å². The second-order valence-corrected chi connectivity index (χ2v) is 5.34. The molecule has 1 amide bonds. The van der Waals surface area contributed by atoms with Crippen molar-refractivity contribution in [3.8, 4) is 0 Å². The van der Waals surface area contributed by atoms with Crippen LogP contribution in [0.25, 0.3) is 0 Å². The lowest BCUT2D eigenvalue weighted by Gasteiger charge is -2.37. The minimum absolute atomic E-state index is 0.138. The number of aliphatic carboxylic acids is 1. The number of carboxylic acid groups (broad SMARTS) is 1. The molecule has 0 aromatic heterocycles. The number of hydrogen-bond acceptors (Lipinski definition) is 2. The van der Waals surface area contributed by atoms with Crippen LogP contribution in [-0.4, -0.2) is 23.0 Å². The van der Waals surface area contributed by atoms with Gasteiger partial charge in [0.1, 0.15) is 5.41 Å². The van der Waals surface area contributed by atoms with Crippen LogP contribution in [0, 0.1) is 5.41 Å². The Kier molecular flexibility index (Phi) is 5.63. The van der Waals surface area contributed by atoms with Crippen molar-refractivity contribution < 1.29 is 14.7 Å². The quantitative estimate of drug-likeness (QED) is 0.655. The molecule has 4 nitrogen and oxygen atoms in total. The van der Waals surface area contributed by atoms with Crippen LogP contribution in [0.15, 0.2) is 0 Å². The summed E-state index contributed by atoms with van der Waals surface area (Å²) in [5.41, 5.74) is -1.13. The summed E-state index contributed by atoms with van der Waals surface area (Å²) < 4.78 is 0. The van der Waals surface area contributed by atoms with Gasteiger partial charge < -0.3 is 10.4 Å². The van der Waals surface area contributed by atoms with Crippen molar-refractivity contribution in [2.24, 2.45) is 5.41 Å². The number of amides is 1. The molecule has 1 atom stereocenters. The molecule has 0 aliphatic heterocycles. The first-order valence-electron chi connectivity index (χ1n) is 7.11. The van der Waals surface area contributed by atoms with Gasteiger partial charge in [-0.15, -0.1) is 0 Å². The SMILES string of the molecule is CCCCC(CCC)NC(=O)C1(C(=O)O)CCC1. The smallest absolute Gasteiger partial charge is 0.319 e. The molecule has 0 aromatic rings. The van der Waals surface area contributed by atoms with Crippen LogP contribution in [-0.2, 0) is 9.59 Å². The number of carbonyl (C=O) groups is 2. The van der Waals surface area contributed by atoms with E-state index in [0.717, 1.165) is 38.5 Å². The molecule has 18 heavy (non-hydrogen) atoms. The lowest BCUT2D eigenvalue weighted by Crippen LogP contribution is -2.53. The summed E-state index contributed by atoms with van der Waals surface area (Å²) in [4.78, 5) is 23.4. The molecule has 4 heteroatoms. The molecule has 0 heterocycles. The van der Waals surface area contributed by atoms with Crippen LogP contribution >= 0.6 is 0 Å². The van der Waals surface area contributed by atoms with Crippen LogP contribution in [0.1, 0.15) is 65.2 Å². The molecule has 0 spiro atoms. The van der Waals surface area contributed by atoms with Gasteiger partial charge in [0.2, 0.25) is 5.91 Å². The van der Waals surface area contributed by atoms with Gasteiger partial charge in [-0.25, -0.2) is 0 Å². The summed E-state index contributed by atoms with van der Waals surface area (Å²) in [6.07, 6.45) is 6.88. The molecule has 1 fully saturated rings. The normalized spacial score (nSPS) is 18.8. The number of hydrogen-bond donors (Lipinski definition) is 2. The molecule has 0 aromatic carbocycles. The summed E-state index contributed by atoms with van der Waals surface area (Å²) in [5.74, 6) is -1.23. The Morgan fingerprint density at radius 1 is 1.22 bits per heavy atom. The van der Waals surface area contributed by atoms with E-state index >= 15 is 0 Å². The van der Waals surface area contributed by atoms with E-state index in [4.69, 9.17) is 0 Å². The fourth-order valence-electron chi connectivity index (χ4n) is 2.48. The van der Waals surface area contributed by atoms with E-state index in [2.05, 4.69) is 19.2 Å². The van der Waals surface area contributed by atoms with E-state index in [1.54, 1.807) is 0 Å². The zero-order chi connectivity index (χ0) is 13.6. The topological polar surface area (TPSA) is 66.4 Å². The molecule has 0 radical (unpaired) electrons. The van der Waals surface area contributed by atoms with Crippen LogP contribution < -0.4 is 5.32 Å². The molecule has 1 rings (SSSR count). The van der Waals surface area contributed by atoms with Crippen molar-refractivity contribution >= 4 is 11.9 Å². The zero-order valence-electron chi connectivity index (χ0n) is 11.5. The van der Waals surface area contributed by atoms with Crippen molar-refractivity contribution in [3.05, 3.63) is 0 Å². The number of carboxylic acids is 1. The number of carbonyl (C=O) groups excluding carboxylic acids is 1. The Hall–Kier alpha value is -1.06. The molecule has 0 bridgehead atoms. The van der Waals surface area contributed by atoms with Crippen LogP contribution in [0.5, 0.6) is 0 Å². The Morgan fingerprint density at radius 2 is 1.89 bits per heavy atom. The lowest BCUT2D eigenvalue weighted by atomic mass is 9.68. The summed E-state index contributed by atoms with van der Waals surface area (Å²) in [6, 6.07) is 0.138. The Labute approximate surface area is 109 Å². The van der Waals surface area contributed by atoms with Gasteiger partial charge in [0.15, 0.2) is 0 Å². The highest BCUT2D eigenvalue weighted by molar-refractivity contribution is 6.02. The summed E-state index contributed by atoms with van der Waals surface area (Å²) in [6.45, 7) is 4.21. The van der Waals surface area contributed by atoms with Crippen LogP contribution in [0.3, 0.4) is 0 Å². The van der Waals surface area contributed by atoms with Crippen molar-refractivity contribution in [2.45, 2.75) is 71.3 Å². The Morgan fingerprint density at radius 3 is 2.28 bits per heavy atom. The van der Waals surface area contributed by atoms with E-state index in [1.165, 1.54) is 0 Å². The van der Waals surface area contributed by atoms with Gasteiger partial charge in [-0.1, -0.05) is 39.5 Å². The predicted octanol–water partition coefficient (Wildman–Crippen LogP) is 2.72. The van der Waals surface area contributed by atoms with Gasteiger partial charge in [-0.05, 0) is 25.7 Å². The summed E-state index contributed by atoms with van der Waals surface area (Å²) in [7, 11) is 0. The highest BCUT2D eigenvalue weighted by atomic mass is 16.4. The third kappa shape index (κ3) is 3.24. The number of rotatable bonds is 8. The van der Waals surface area contributed by atoms with Crippen molar-refractivity contribution in [2.75, 3.05) is 0 Å². The maximum absolute atomic E-state index is 12.1. The highest BCUT2D eigenvalue weighted by Crippen LogP contribution is 2.41. The maximum atomic E-state index is 12.1. The molecule has 0 saturated heterocycles. The second-order valence-electron chi connectivity index (χ2n) is 5.34. The molecule has 1 aliphatic carbocycles. The first-order valence-corrected chi connectivity index (χ1v) is 7.11. The third-order valence-corrected chi connectivity index (χ3v) is 3.93. The molecular weight excluding hydrogens is 230 g/mol. The van der Waals surface area contributed by atoms with Gasteiger partial charge in [0.25, 0.3) is 0 Å². The fourth-order valence-corrected chi connectivity index (χ4v) is 2.48. The monoisotopic (exact) mass is 255 g/mol. The molecule has 1 saturated carbocycles. The molecule has 2 N–H and O–H groups in total. The predicted molar refractivity (Wildman–Crippen MR) is 70.3 cm³/mol. The van der Waals surface area contributed by atoms with E-state index in [0.29, 0.717) is 12.8 Å². The van der Waals surface area contributed by atoms with E-state index in [1.807, 2.05) is 0 Å². The van der Waals surface area contributed by atoms with Gasteiger partial charge in [-0.2, -0.15) is 0 Å². The minimum atomic E-state index is -1.13. The largest absolute Gasteiger partial charge is 0.480 e. The molecule has 1 unspecified atom stereocenters. The van der Waals surface area contributed by atoms with E-state index in [9.17, 15) is 14.7 Å². The average molecular weight is 255 g/mol. The van der Waals surface area contributed by atoms with Crippen molar-refractivity contribution in [1.29, 1.82) is 0 Å². The average Bonchev–Trinajstić information content (AvgIpc) is 2.23. The van der Waals surface area contributed by atoms with Crippen LogP contribution in [0.2, 0.25) is 0 Å². The Balaban J connectivity index is 2.56. The molecule has 1 aliphatic rings. The Bertz CT molecular complexity index is 297. The zero-order valence-corrected chi connectivity index (χ0v) is 11.5. The van der Waals surface area contributed by atoms with Crippen molar-refractivity contribution in [1.82, 2.24) is 5.32 Å². The van der Waals surface area contributed by atoms with Crippen molar-refractivity contribution in [3.63, 3.8) is 0 Å². The first-order chi connectivity index (χ1) is 8.56. The van der Waals surface area contributed by atoms with Gasteiger partial charge >= 0.3 is 5.97 Å². The van der Waals surface area contributed by atoms with Gasteiger partial charge in [0, 0.05) is 6.04 Å². The van der Waals surface area contributed by atoms with Gasteiger partial charge in [-0.3, -0.25) is 9.59 Å². The fraction of sp³-hybridized carbons (Fsp3) is 0.857. The first kappa shape index (κ1) is 15.0. The number of unbranched alkanes of at least 4 members (excludes halogenated alkanes) is 1. The molecular formula is C14H25NO3. The second kappa shape index (κ2) is 6.76. The third-order valence-electron chi connectivity index (χ3n) is 3.93. The standard InChI is InChI=1S/C14H25NO3/c1-3-5-8-11(7-4-2)15-12(16)14(13(17)18)9-6-10-14/h11H,3-10H2,1-2H3,(H,15,16)(H,17,18). The highest BCUT2D eigenvalue weighted by Gasteiger charge is 2.51. The lowest BCUT2D eigenvalue weighted by molar-refractivity contribution is -0.162. The summed E-state index contributed by atoms with van der Waals surface area (Å²) >= 11 is 0.